The third-order valence-corrected chi connectivity index (χ3v) is 3.83. The normalized spacial score (nSPS) is 23.5. The van der Waals surface area contributed by atoms with E-state index in [9.17, 15) is 9.90 Å². The molecule has 0 radical (unpaired) electrons. The first-order valence-corrected chi connectivity index (χ1v) is 7.36. The number of halogens is 1. The molecule has 0 unspecified atom stereocenters. The minimum Gasteiger partial charge on any atom is -0.391 e. The molecule has 19 heavy (non-hydrogen) atoms. The lowest BCUT2D eigenvalue weighted by Gasteiger charge is -2.27. The second-order valence-corrected chi connectivity index (χ2v) is 5.77. The van der Waals surface area contributed by atoms with Gasteiger partial charge < -0.3 is 10.4 Å². The lowest BCUT2D eigenvalue weighted by atomic mass is 9.92. The highest BCUT2D eigenvalue weighted by atomic mass is 79.9. The van der Waals surface area contributed by atoms with E-state index in [1.54, 1.807) is 6.08 Å². The molecular formula is C15H18BrNO2. The Morgan fingerprint density at radius 2 is 2.16 bits per heavy atom. The van der Waals surface area contributed by atoms with Gasteiger partial charge in [-0.1, -0.05) is 40.9 Å². The number of hydrogen-bond acceptors (Lipinski definition) is 2. The van der Waals surface area contributed by atoms with E-state index in [2.05, 4.69) is 21.2 Å². The Balaban J connectivity index is 1.90. The number of hydrogen-bond donors (Lipinski definition) is 2. The molecule has 2 N–H and O–H groups in total. The van der Waals surface area contributed by atoms with Gasteiger partial charge in [0.2, 0.25) is 5.91 Å². The highest BCUT2D eigenvalue weighted by Crippen LogP contribution is 2.18. The lowest BCUT2D eigenvalue weighted by molar-refractivity contribution is -0.118. The van der Waals surface area contributed by atoms with Crippen LogP contribution >= 0.6 is 15.9 Å². The number of carbonyl (C=O) groups is 1. The van der Waals surface area contributed by atoms with Crippen LogP contribution in [0.15, 0.2) is 34.8 Å². The van der Waals surface area contributed by atoms with Gasteiger partial charge in [0.05, 0.1) is 12.1 Å². The molecule has 4 heteroatoms. The van der Waals surface area contributed by atoms with Crippen LogP contribution in [-0.4, -0.2) is 23.2 Å². The minimum atomic E-state index is -0.406. The van der Waals surface area contributed by atoms with Gasteiger partial charge >= 0.3 is 0 Å². The maximum atomic E-state index is 11.8. The molecule has 1 saturated carbocycles. The van der Waals surface area contributed by atoms with Gasteiger partial charge in [0.1, 0.15) is 0 Å². The van der Waals surface area contributed by atoms with Crippen molar-refractivity contribution in [2.24, 2.45) is 0 Å². The summed E-state index contributed by atoms with van der Waals surface area (Å²) in [5.41, 5.74) is 0.966. The van der Waals surface area contributed by atoms with Gasteiger partial charge in [-0.15, -0.1) is 0 Å². The first kappa shape index (κ1) is 14.3. The second-order valence-electron chi connectivity index (χ2n) is 4.86. The largest absolute Gasteiger partial charge is 0.391 e. The SMILES string of the molecule is O=C(/C=C/c1cccc(Br)c1)N[C@@H]1CCCC[C@H]1O. The van der Waals surface area contributed by atoms with Gasteiger partial charge in [-0.05, 0) is 36.6 Å². The molecule has 1 aromatic rings. The number of aliphatic hydroxyl groups excluding tert-OH is 1. The maximum absolute atomic E-state index is 11.8. The van der Waals surface area contributed by atoms with Crippen molar-refractivity contribution in [2.45, 2.75) is 37.8 Å². The summed E-state index contributed by atoms with van der Waals surface area (Å²) >= 11 is 3.39. The zero-order chi connectivity index (χ0) is 13.7. The maximum Gasteiger partial charge on any atom is 0.244 e. The zero-order valence-electron chi connectivity index (χ0n) is 10.7. The molecule has 1 aromatic carbocycles. The van der Waals surface area contributed by atoms with Crippen LogP contribution in [-0.2, 0) is 4.79 Å². The van der Waals surface area contributed by atoms with E-state index in [0.29, 0.717) is 0 Å². The molecule has 0 saturated heterocycles. The standard InChI is InChI=1S/C15H18BrNO2/c16-12-5-3-4-11(10-12)8-9-15(19)17-13-6-1-2-7-14(13)18/h3-5,8-10,13-14,18H,1-2,6-7H2,(H,17,19)/b9-8+/t13-,14-/m1/s1. The van der Waals surface area contributed by atoms with Crippen LogP contribution in [0.4, 0.5) is 0 Å². The van der Waals surface area contributed by atoms with Crippen molar-refractivity contribution >= 4 is 27.9 Å². The summed E-state index contributed by atoms with van der Waals surface area (Å²) in [6, 6.07) is 7.64. The molecule has 2 rings (SSSR count). The molecule has 2 atom stereocenters. The molecule has 1 aliphatic carbocycles. The fraction of sp³-hybridized carbons (Fsp3) is 0.400. The Labute approximate surface area is 121 Å². The van der Waals surface area contributed by atoms with Gasteiger partial charge in [-0.25, -0.2) is 0 Å². The predicted molar refractivity (Wildman–Crippen MR) is 79.6 cm³/mol. The number of rotatable bonds is 3. The number of nitrogens with one attached hydrogen (secondary N) is 1. The molecule has 3 nitrogen and oxygen atoms in total. The van der Waals surface area contributed by atoms with Gasteiger partial charge in [-0.3, -0.25) is 4.79 Å². The summed E-state index contributed by atoms with van der Waals surface area (Å²) < 4.78 is 0.984. The van der Waals surface area contributed by atoms with Gasteiger partial charge in [0.25, 0.3) is 0 Å². The predicted octanol–water partition coefficient (Wildman–Crippen LogP) is 2.88. The molecule has 0 aliphatic heterocycles. The Kier molecular flexibility index (Phi) is 5.16. The molecule has 0 aromatic heterocycles. The van der Waals surface area contributed by atoms with Gasteiger partial charge in [-0.2, -0.15) is 0 Å². The average Bonchev–Trinajstić information content (AvgIpc) is 2.39. The third-order valence-electron chi connectivity index (χ3n) is 3.33. The minimum absolute atomic E-state index is 0.103. The Morgan fingerprint density at radius 1 is 1.37 bits per heavy atom. The first-order chi connectivity index (χ1) is 9.15. The summed E-state index contributed by atoms with van der Waals surface area (Å²) in [6.07, 6.45) is 6.63. The van der Waals surface area contributed by atoms with E-state index in [1.807, 2.05) is 24.3 Å². The van der Waals surface area contributed by atoms with Crippen molar-refractivity contribution in [1.29, 1.82) is 0 Å². The number of aliphatic hydroxyl groups is 1. The van der Waals surface area contributed by atoms with Gasteiger partial charge in [0.15, 0.2) is 0 Å². The van der Waals surface area contributed by atoms with Crippen LogP contribution in [0.25, 0.3) is 6.08 Å². The Bertz CT molecular complexity index is 473. The van der Waals surface area contributed by atoms with Crippen molar-refractivity contribution < 1.29 is 9.90 Å². The molecule has 102 valence electrons. The molecular weight excluding hydrogens is 306 g/mol. The van der Waals surface area contributed by atoms with Gasteiger partial charge in [0, 0.05) is 10.5 Å². The highest BCUT2D eigenvalue weighted by Gasteiger charge is 2.23. The van der Waals surface area contributed by atoms with E-state index < -0.39 is 6.10 Å². The average molecular weight is 324 g/mol. The number of benzene rings is 1. The summed E-state index contributed by atoms with van der Waals surface area (Å²) in [7, 11) is 0. The molecule has 0 heterocycles. The van der Waals surface area contributed by atoms with E-state index in [0.717, 1.165) is 35.7 Å². The van der Waals surface area contributed by atoms with E-state index in [4.69, 9.17) is 0 Å². The first-order valence-electron chi connectivity index (χ1n) is 6.57. The van der Waals surface area contributed by atoms with Crippen molar-refractivity contribution in [1.82, 2.24) is 5.32 Å². The van der Waals surface area contributed by atoms with Crippen LogP contribution in [0.2, 0.25) is 0 Å². The second kappa shape index (κ2) is 6.87. The van der Waals surface area contributed by atoms with Crippen molar-refractivity contribution in [3.8, 4) is 0 Å². The Hall–Kier alpha value is -1.13. The highest BCUT2D eigenvalue weighted by molar-refractivity contribution is 9.10. The molecule has 1 amide bonds. The van der Waals surface area contributed by atoms with Crippen LogP contribution in [0.3, 0.4) is 0 Å². The lowest BCUT2D eigenvalue weighted by Crippen LogP contribution is -2.44. The molecule has 1 aliphatic rings. The summed E-state index contributed by atoms with van der Waals surface area (Å²) in [5.74, 6) is -0.147. The fourth-order valence-corrected chi connectivity index (χ4v) is 2.71. The third kappa shape index (κ3) is 4.48. The number of carbonyl (C=O) groups excluding carboxylic acids is 1. The molecule has 1 fully saturated rings. The quantitative estimate of drug-likeness (QED) is 0.840. The summed E-state index contributed by atoms with van der Waals surface area (Å²) in [5, 5.41) is 12.7. The fourth-order valence-electron chi connectivity index (χ4n) is 2.29. The monoisotopic (exact) mass is 323 g/mol. The van der Waals surface area contributed by atoms with E-state index in [1.165, 1.54) is 6.08 Å². The van der Waals surface area contributed by atoms with Crippen LogP contribution < -0.4 is 5.32 Å². The van der Waals surface area contributed by atoms with E-state index in [-0.39, 0.29) is 11.9 Å². The van der Waals surface area contributed by atoms with Crippen LogP contribution in [0, 0.1) is 0 Å². The molecule has 0 spiro atoms. The topological polar surface area (TPSA) is 49.3 Å². The van der Waals surface area contributed by atoms with Crippen molar-refractivity contribution in [3.63, 3.8) is 0 Å². The summed E-state index contributed by atoms with van der Waals surface area (Å²) in [4.78, 5) is 11.8. The molecule has 0 bridgehead atoms. The van der Waals surface area contributed by atoms with Crippen molar-refractivity contribution in [3.05, 3.63) is 40.4 Å². The van der Waals surface area contributed by atoms with Crippen LogP contribution in [0.5, 0.6) is 0 Å². The van der Waals surface area contributed by atoms with Crippen LogP contribution in [0.1, 0.15) is 31.2 Å². The van der Waals surface area contributed by atoms with E-state index >= 15 is 0 Å². The van der Waals surface area contributed by atoms with Crippen molar-refractivity contribution in [2.75, 3.05) is 0 Å². The number of amides is 1. The smallest absolute Gasteiger partial charge is 0.244 e. The Morgan fingerprint density at radius 3 is 2.89 bits per heavy atom. The summed E-state index contributed by atoms with van der Waals surface area (Å²) in [6.45, 7) is 0. The zero-order valence-corrected chi connectivity index (χ0v) is 12.3.